The standard InChI is InChI=1S/C17H15NO3/c19-12-15-16(21-14-9-5-2-6-10-14)17(20)18(15)11-13-7-3-1-4-8-13/h1-10,12,15-16H,11H2/t15-,16+/m0/s1. The van der Waals surface area contributed by atoms with E-state index in [9.17, 15) is 9.59 Å². The maximum absolute atomic E-state index is 12.2. The smallest absolute Gasteiger partial charge is 0.267 e. The first-order chi connectivity index (χ1) is 10.3. The van der Waals surface area contributed by atoms with Gasteiger partial charge in [-0.25, -0.2) is 0 Å². The van der Waals surface area contributed by atoms with Crippen LogP contribution in [0, 0.1) is 0 Å². The zero-order valence-corrected chi connectivity index (χ0v) is 11.4. The first kappa shape index (κ1) is 13.4. The zero-order valence-electron chi connectivity index (χ0n) is 11.4. The van der Waals surface area contributed by atoms with Gasteiger partial charge in [-0.05, 0) is 17.7 Å². The van der Waals surface area contributed by atoms with Crippen LogP contribution in [0.3, 0.4) is 0 Å². The molecule has 0 aromatic heterocycles. The van der Waals surface area contributed by atoms with E-state index in [4.69, 9.17) is 4.74 Å². The van der Waals surface area contributed by atoms with Crippen molar-refractivity contribution < 1.29 is 14.3 Å². The highest BCUT2D eigenvalue weighted by molar-refractivity contribution is 5.95. The Morgan fingerprint density at radius 3 is 2.24 bits per heavy atom. The minimum atomic E-state index is -0.714. The third kappa shape index (κ3) is 2.65. The van der Waals surface area contributed by atoms with Gasteiger partial charge >= 0.3 is 0 Å². The molecule has 0 N–H and O–H groups in total. The maximum atomic E-state index is 12.2. The third-order valence-electron chi connectivity index (χ3n) is 3.54. The van der Waals surface area contributed by atoms with Crippen molar-refractivity contribution in [2.75, 3.05) is 0 Å². The minimum Gasteiger partial charge on any atom is -0.478 e. The average molecular weight is 281 g/mol. The number of carbonyl (C=O) groups excluding carboxylic acids is 2. The number of para-hydroxylation sites is 1. The second kappa shape index (κ2) is 5.79. The molecule has 0 spiro atoms. The number of benzene rings is 2. The molecular formula is C17H15NO3. The monoisotopic (exact) mass is 281 g/mol. The summed E-state index contributed by atoms with van der Waals surface area (Å²) in [6, 6.07) is 18.1. The highest BCUT2D eigenvalue weighted by Gasteiger charge is 2.49. The molecule has 4 nitrogen and oxygen atoms in total. The lowest BCUT2D eigenvalue weighted by Crippen LogP contribution is -2.67. The van der Waals surface area contributed by atoms with Gasteiger partial charge in [0, 0.05) is 6.54 Å². The first-order valence-corrected chi connectivity index (χ1v) is 6.81. The summed E-state index contributed by atoms with van der Waals surface area (Å²) in [4.78, 5) is 25.0. The number of rotatable bonds is 5. The molecule has 1 saturated heterocycles. The first-order valence-electron chi connectivity index (χ1n) is 6.81. The summed E-state index contributed by atoms with van der Waals surface area (Å²) in [5.41, 5.74) is 0.996. The molecule has 3 rings (SSSR count). The molecule has 0 unspecified atom stereocenters. The van der Waals surface area contributed by atoms with Crippen molar-refractivity contribution in [1.29, 1.82) is 0 Å². The quantitative estimate of drug-likeness (QED) is 0.622. The molecule has 4 heteroatoms. The fourth-order valence-corrected chi connectivity index (χ4v) is 2.41. The second-order valence-corrected chi connectivity index (χ2v) is 4.93. The van der Waals surface area contributed by atoms with Crippen LogP contribution >= 0.6 is 0 Å². The van der Waals surface area contributed by atoms with E-state index in [-0.39, 0.29) is 5.91 Å². The van der Waals surface area contributed by atoms with Gasteiger partial charge in [-0.3, -0.25) is 4.79 Å². The molecule has 2 aromatic rings. The molecule has 1 heterocycles. The highest BCUT2D eigenvalue weighted by atomic mass is 16.5. The van der Waals surface area contributed by atoms with Gasteiger partial charge < -0.3 is 14.4 Å². The van der Waals surface area contributed by atoms with Crippen molar-refractivity contribution in [2.24, 2.45) is 0 Å². The number of hydrogen-bond donors (Lipinski definition) is 0. The van der Waals surface area contributed by atoms with Gasteiger partial charge in [0.2, 0.25) is 6.10 Å². The number of aldehydes is 1. The molecule has 2 aromatic carbocycles. The van der Waals surface area contributed by atoms with Crippen LogP contribution in [-0.2, 0) is 16.1 Å². The lowest BCUT2D eigenvalue weighted by molar-refractivity contribution is -0.166. The van der Waals surface area contributed by atoms with Gasteiger partial charge in [-0.1, -0.05) is 48.5 Å². The molecule has 0 aliphatic carbocycles. The van der Waals surface area contributed by atoms with E-state index in [1.807, 2.05) is 48.5 Å². The number of carbonyl (C=O) groups is 2. The molecular weight excluding hydrogens is 266 g/mol. The minimum absolute atomic E-state index is 0.153. The van der Waals surface area contributed by atoms with E-state index in [0.29, 0.717) is 12.3 Å². The lowest BCUT2D eigenvalue weighted by atomic mass is 9.98. The van der Waals surface area contributed by atoms with E-state index < -0.39 is 12.1 Å². The van der Waals surface area contributed by atoms with Crippen molar-refractivity contribution in [3.8, 4) is 5.75 Å². The SMILES string of the molecule is O=C[C@H]1[C@@H](Oc2ccccc2)C(=O)N1Cc1ccccc1. The average Bonchev–Trinajstić information content (AvgIpc) is 2.55. The van der Waals surface area contributed by atoms with Crippen molar-refractivity contribution in [3.63, 3.8) is 0 Å². The molecule has 21 heavy (non-hydrogen) atoms. The predicted molar refractivity (Wildman–Crippen MR) is 77.7 cm³/mol. The van der Waals surface area contributed by atoms with Crippen LogP contribution < -0.4 is 4.74 Å². The van der Waals surface area contributed by atoms with Gasteiger partial charge in [0.25, 0.3) is 5.91 Å². The molecule has 106 valence electrons. The second-order valence-electron chi connectivity index (χ2n) is 4.93. The van der Waals surface area contributed by atoms with Gasteiger partial charge in [0.15, 0.2) is 0 Å². The number of nitrogens with zero attached hydrogens (tertiary/aromatic N) is 1. The normalized spacial score (nSPS) is 20.8. The van der Waals surface area contributed by atoms with E-state index in [0.717, 1.165) is 11.8 Å². The Morgan fingerprint density at radius 2 is 1.62 bits per heavy atom. The molecule has 1 aliphatic heterocycles. The molecule has 1 aliphatic rings. The molecule has 0 radical (unpaired) electrons. The molecule has 1 amide bonds. The summed E-state index contributed by atoms with van der Waals surface area (Å²) in [7, 11) is 0. The van der Waals surface area contributed by atoms with E-state index in [2.05, 4.69) is 0 Å². The maximum Gasteiger partial charge on any atom is 0.267 e. The molecule has 0 bridgehead atoms. The summed E-state index contributed by atoms with van der Waals surface area (Å²) < 4.78 is 5.61. The molecule has 0 saturated carbocycles. The van der Waals surface area contributed by atoms with Crippen molar-refractivity contribution >= 4 is 12.2 Å². The Morgan fingerprint density at radius 1 is 1.00 bits per heavy atom. The van der Waals surface area contributed by atoms with E-state index >= 15 is 0 Å². The number of ether oxygens (including phenoxy) is 1. The Bertz CT molecular complexity index is 575. The van der Waals surface area contributed by atoms with Gasteiger partial charge in [-0.2, -0.15) is 0 Å². The number of amides is 1. The fourth-order valence-electron chi connectivity index (χ4n) is 2.41. The van der Waals surface area contributed by atoms with Gasteiger partial charge in [0.1, 0.15) is 18.1 Å². The van der Waals surface area contributed by atoms with Crippen LogP contribution in [0.25, 0.3) is 0 Å². The fraction of sp³-hybridized carbons (Fsp3) is 0.176. The van der Waals surface area contributed by atoms with Crippen molar-refractivity contribution in [2.45, 2.75) is 18.7 Å². The zero-order chi connectivity index (χ0) is 14.7. The predicted octanol–water partition coefficient (Wildman–Crippen LogP) is 2.04. The van der Waals surface area contributed by atoms with Crippen LogP contribution in [0.15, 0.2) is 60.7 Å². The number of hydrogen-bond acceptors (Lipinski definition) is 3. The Kier molecular flexibility index (Phi) is 3.69. The molecule has 1 fully saturated rings. The summed E-state index contributed by atoms with van der Waals surface area (Å²) in [6.45, 7) is 0.428. The third-order valence-corrected chi connectivity index (χ3v) is 3.54. The van der Waals surface area contributed by atoms with E-state index in [1.165, 1.54) is 4.90 Å². The van der Waals surface area contributed by atoms with Crippen LogP contribution in [0.2, 0.25) is 0 Å². The van der Waals surface area contributed by atoms with Crippen LogP contribution in [0.4, 0.5) is 0 Å². The molecule has 2 atom stereocenters. The van der Waals surface area contributed by atoms with Gasteiger partial charge in [-0.15, -0.1) is 0 Å². The number of β-lactam (4-membered cyclic amide) rings is 1. The lowest BCUT2D eigenvalue weighted by Gasteiger charge is -2.43. The Balaban J connectivity index is 1.69. The summed E-state index contributed by atoms with van der Waals surface area (Å²) in [6.07, 6.45) is 0.0615. The van der Waals surface area contributed by atoms with E-state index in [1.54, 1.807) is 12.1 Å². The summed E-state index contributed by atoms with van der Waals surface area (Å²) in [5.74, 6) is 0.446. The van der Waals surface area contributed by atoms with Crippen LogP contribution in [-0.4, -0.2) is 29.2 Å². The van der Waals surface area contributed by atoms with Crippen molar-refractivity contribution in [3.05, 3.63) is 66.2 Å². The van der Waals surface area contributed by atoms with Crippen LogP contribution in [0.1, 0.15) is 5.56 Å². The summed E-state index contributed by atoms with van der Waals surface area (Å²) >= 11 is 0. The van der Waals surface area contributed by atoms with Gasteiger partial charge in [0.05, 0.1) is 0 Å². The largest absolute Gasteiger partial charge is 0.478 e. The Labute approximate surface area is 123 Å². The van der Waals surface area contributed by atoms with Crippen LogP contribution in [0.5, 0.6) is 5.75 Å². The summed E-state index contributed by atoms with van der Waals surface area (Å²) in [5, 5.41) is 0. The topological polar surface area (TPSA) is 46.6 Å². The van der Waals surface area contributed by atoms with Crippen molar-refractivity contribution in [1.82, 2.24) is 4.90 Å². The number of likely N-dealkylation sites (tertiary alicyclic amines) is 1. The highest BCUT2D eigenvalue weighted by Crippen LogP contribution is 2.26. The Hall–Kier alpha value is -2.62.